The molecule has 0 aromatic carbocycles. The number of allylic oxidation sites excluding steroid dienone is 1. The first-order valence-electron chi connectivity index (χ1n) is 8.39. The van der Waals surface area contributed by atoms with Crippen LogP contribution in [-0.2, 0) is 14.3 Å². The lowest BCUT2D eigenvalue weighted by molar-refractivity contribution is -0.150. The molecular formula is C18H29NO4. The zero-order valence-corrected chi connectivity index (χ0v) is 14.7. The maximum Gasteiger partial charge on any atom is 0.316 e. The number of aliphatic imine (C=N–C) groups is 1. The van der Waals surface area contributed by atoms with Gasteiger partial charge in [-0.2, -0.15) is 0 Å². The number of aliphatic hydroxyl groups is 1. The molecule has 0 aromatic heterocycles. The van der Waals surface area contributed by atoms with E-state index in [1.807, 2.05) is 0 Å². The van der Waals surface area contributed by atoms with Gasteiger partial charge in [-0.1, -0.05) is 46.5 Å². The molecule has 1 rings (SSSR count). The zero-order valence-electron chi connectivity index (χ0n) is 14.7. The topological polar surface area (TPSA) is 76.0 Å². The second-order valence-electron chi connectivity index (χ2n) is 6.79. The molecule has 0 radical (unpaired) electrons. The Hall–Kier alpha value is -1.65. The fourth-order valence-electron chi connectivity index (χ4n) is 2.93. The van der Waals surface area contributed by atoms with Crippen LogP contribution in [0, 0.1) is 11.3 Å². The number of carbonyl (C=O) groups excluding carboxylic acids is 2. The number of unbranched alkanes of at least 4 members (excludes halogenated alkanes) is 4. The molecule has 0 aliphatic heterocycles. The summed E-state index contributed by atoms with van der Waals surface area (Å²) in [5, 5.41) is 10.4. The van der Waals surface area contributed by atoms with E-state index in [0.717, 1.165) is 12.8 Å². The SMILES string of the molecule is CCCCCCCN=CC1=C(O)[C@@H](C(=O)OC)C(C)(C)CC1=O. The van der Waals surface area contributed by atoms with Gasteiger partial charge in [0.1, 0.15) is 11.7 Å². The van der Waals surface area contributed by atoms with E-state index in [9.17, 15) is 14.7 Å². The lowest BCUT2D eigenvalue weighted by Gasteiger charge is -2.35. The average Bonchev–Trinajstić information content (AvgIpc) is 2.47. The lowest BCUT2D eigenvalue weighted by Crippen LogP contribution is -2.40. The van der Waals surface area contributed by atoms with Gasteiger partial charge in [0.05, 0.1) is 12.7 Å². The molecule has 23 heavy (non-hydrogen) atoms. The van der Waals surface area contributed by atoms with Crippen LogP contribution in [0.1, 0.15) is 59.3 Å². The second kappa shape index (κ2) is 8.85. The van der Waals surface area contributed by atoms with Crippen LogP contribution in [0.4, 0.5) is 0 Å². The maximum absolute atomic E-state index is 12.2. The number of ketones is 1. The van der Waals surface area contributed by atoms with E-state index in [2.05, 4.69) is 11.9 Å². The minimum absolute atomic E-state index is 0.147. The Balaban J connectivity index is 2.78. The van der Waals surface area contributed by atoms with Crippen LogP contribution in [0.25, 0.3) is 0 Å². The Morgan fingerprint density at radius 3 is 2.61 bits per heavy atom. The van der Waals surface area contributed by atoms with Crippen LogP contribution in [0.2, 0.25) is 0 Å². The summed E-state index contributed by atoms with van der Waals surface area (Å²) in [4.78, 5) is 28.4. The van der Waals surface area contributed by atoms with Crippen molar-refractivity contribution in [1.82, 2.24) is 0 Å². The Morgan fingerprint density at radius 2 is 2.00 bits per heavy atom. The molecule has 0 heterocycles. The highest BCUT2D eigenvalue weighted by Crippen LogP contribution is 2.41. The highest BCUT2D eigenvalue weighted by atomic mass is 16.5. The van der Waals surface area contributed by atoms with Crippen molar-refractivity contribution >= 4 is 18.0 Å². The monoisotopic (exact) mass is 323 g/mol. The smallest absolute Gasteiger partial charge is 0.316 e. The molecular weight excluding hydrogens is 294 g/mol. The van der Waals surface area contributed by atoms with E-state index >= 15 is 0 Å². The standard InChI is InChI=1S/C18H29NO4/c1-5-6-7-8-9-10-19-12-13-14(20)11-18(2,3)15(16(13)21)17(22)23-4/h12,15,21H,5-11H2,1-4H3/t15-/m0/s1. The largest absolute Gasteiger partial charge is 0.511 e. The number of carbonyl (C=O) groups is 2. The number of hydrogen-bond donors (Lipinski definition) is 1. The highest BCUT2D eigenvalue weighted by Gasteiger charge is 2.46. The van der Waals surface area contributed by atoms with Gasteiger partial charge in [-0.15, -0.1) is 0 Å². The van der Waals surface area contributed by atoms with E-state index < -0.39 is 17.3 Å². The molecule has 0 bridgehead atoms. The first-order chi connectivity index (χ1) is 10.8. The van der Waals surface area contributed by atoms with Crippen molar-refractivity contribution < 1.29 is 19.4 Å². The Morgan fingerprint density at radius 1 is 1.35 bits per heavy atom. The maximum atomic E-state index is 12.2. The number of methoxy groups -OCH3 is 1. The van der Waals surface area contributed by atoms with Gasteiger partial charge in [0.25, 0.3) is 0 Å². The number of nitrogens with zero attached hydrogens (tertiary/aromatic N) is 1. The lowest BCUT2D eigenvalue weighted by atomic mass is 9.68. The van der Waals surface area contributed by atoms with Crippen LogP contribution in [0.3, 0.4) is 0 Å². The van der Waals surface area contributed by atoms with Gasteiger partial charge in [-0.05, 0) is 11.8 Å². The fourth-order valence-corrected chi connectivity index (χ4v) is 2.93. The first kappa shape index (κ1) is 19.4. The summed E-state index contributed by atoms with van der Waals surface area (Å²) in [6.45, 7) is 6.36. The molecule has 0 saturated heterocycles. The molecule has 1 aliphatic carbocycles. The van der Waals surface area contributed by atoms with Gasteiger partial charge >= 0.3 is 5.97 Å². The van der Waals surface area contributed by atoms with E-state index in [4.69, 9.17) is 4.74 Å². The molecule has 5 nitrogen and oxygen atoms in total. The minimum atomic E-state index is -0.823. The molecule has 0 spiro atoms. The van der Waals surface area contributed by atoms with Crippen molar-refractivity contribution in [3.05, 3.63) is 11.3 Å². The molecule has 1 atom stereocenters. The summed E-state index contributed by atoms with van der Waals surface area (Å²) in [6, 6.07) is 0. The van der Waals surface area contributed by atoms with Crippen molar-refractivity contribution in [2.45, 2.75) is 59.3 Å². The molecule has 0 unspecified atom stereocenters. The van der Waals surface area contributed by atoms with Gasteiger partial charge in [-0.3, -0.25) is 14.6 Å². The summed E-state index contributed by atoms with van der Waals surface area (Å²) in [7, 11) is 1.28. The number of hydrogen-bond acceptors (Lipinski definition) is 5. The third-order valence-corrected chi connectivity index (χ3v) is 4.30. The molecule has 1 aliphatic rings. The summed E-state index contributed by atoms with van der Waals surface area (Å²) in [5.74, 6) is -1.74. The Kier molecular flexibility index (Phi) is 7.46. The van der Waals surface area contributed by atoms with Crippen molar-refractivity contribution in [2.24, 2.45) is 16.3 Å². The number of Topliss-reactive ketones (excluding diaryl/α,β-unsaturated/α-hetero) is 1. The van der Waals surface area contributed by atoms with Crippen LogP contribution in [0.15, 0.2) is 16.3 Å². The van der Waals surface area contributed by atoms with Crippen molar-refractivity contribution in [1.29, 1.82) is 0 Å². The van der Waals surface area contributed by atoms with E-state index in [1.165, 1.54) is 32.6 Å². The van der Waals surface area contributed by atoms with Crippen LogP contribution in [-0.4, -0.2) is 36.7 Å². The third-order valence-electron chi connectivity index (χ3n) is 4.30. The van der Waals surface area contributed by atoms with E-state index in [1.54, 1.807) is 13.8 Å². The number of aliphatic hydroxyl groups excluding tert-OH is 1. The molecule has 1 N–H and O–H groups in total. The number of esters is 1. The summed E-state index contributed by atoms with van der Waals surface area (Å²) < 4.78 is 4.77. The second-order valence-corrected chi connectivity index (χ2v) is 6.79. The number of rotatable bonds is 8. The van der Waals surface area contributed by atoms with Crippen molar-refractivity contribution in [2.75, 3.05) is 13.7 Å². The fraction of sp³-hybridized carbons (Fsp3) is 0.722. The molecule has 5 heteroatoms. The number of ether oxygens (including phenoxy) is 1. The third kappa shape index (κ3) is 5.19. The average molecular weight is 323 g/mol. The predicted octanol–water partition coefficient (Wildman–Crippen LogP) is 3.63. The molecule has 0 aromatic rings. The van der Waals surface area contributed by atoms with E-state index in [-0.39, 0.29) is 23.5 Å². The summed E-state index contributed by atoms with van der Waals surface area (Å²) >= 11 is 0. The Bertz CT molecular complexity index is 491. The quantitative estimate of drug-likeness (QED) is 0.420. The molecule has 0 amide bonds. The van der Waals surface area contributed by atoms with Crippen molar-refractivity contribution in [3.8, 4) is 0 Å². The van der Waals surface area contributed by atoms with Gasteiger partial charge in [-0.25, -0.2) is 0 Å². The summed E-state index contributed by atoms with van der Waals surface area (Å²) in [6.07, 6.45) is 7.30. The van der Waals surface area contributed by atoms with Gasteiger partial charge < -0.3 is 9.84 Å². The Labute approximate surface area is 138 Å². The van der Waals surface area contributed by atoms with Crippen molar-refractivity contribution in [3.63, 3.8) is 0 Å². The molecule has 0 saturated carbocycles. The minimum Gasteiger partial charge on any atom is -0.511 e. The van der Waals surface area contributed by atoms with Crippen LogP contribution in [0.5, 0.6) is 0 Å². The highest BCUT2D eigenvalue weighted by molar-refractivity contribution is 6.15. The summed E-state index contributed by atoms with van der Waals surface area (Å²) in [5.41, 5.74) is -0.514. The zero-order chi connectivity index (χ0) is 17.5. The van der Waals surface area contributed by atoms with Crippen LogP contribution < -0.4 is 0 Å². The molecule has 0 fully saturated rings. The first-order valence-corrected chi connectivity index (χ1v) is 8.39. The van der Waals surface area contributed by atoms with Gasteiger partial charge in [0, 0.05) is 19.2 Å². The predicted molar refractivity (Wildman–Crippen MR) is 90.7 cm³/mol. The van der Waals surface area contributed by atoms with Crippen LogP contribution >= 0.6 is 0 Å². The van der Waals surface area contributed by atoms with Gasteiger partial charge in [0.2, 0.25) is 0 Å². The van der Waals surface area contributed by atoms with Gasteiger partial charge in [0.15, 0.2) is 5.78 Å². The molecule has 130 valence electrons. The van der Waals surface area contributed by atoms with E-state index in [0.29, 0.717) is 6.54 Å². The normalized spacial score (nSPS) is 21.0.